The molecule has 0 aliphatic heterocycles. The molecule has 0 aliphatic carbocycles. The third-order valence-corrected chi connectivity index (χ3v) is 5.11. The summed E-state index contributed by atoms with van der Waals surface area (Å²) in [5.41, 5.74) is 2.69. The summed E-state index contributed by atoms with van der Waals surface area (Å²) in [6.07, 6.45) is 5.75. The molecule has 160 valence electrons. The lowest BCUT2D eigenvalue weighted by molar-refractivity contribution is -0.145. The molecule has 0 saturated carbocycles. The molecular formula is C23H29N3O4. The monoisotopic (exact) mass is 411 g/mol. The van der Waals surface area contributed by atoms with Gasteiger partial charge < -0.3 is 25.3 Å². The molecule has 0 aliphatic rings. The number of aliphatic hydroxyl groups excluding tert-OH is 1. The Hall–Kier alpha value is -2.90. The summed E-state index contributed by atoms with van der Waals surface area (Å²) in [5.74, 6) is -0.405. The Balaban J connectivity index is 1.66. The number of carboxylic acids is 1. The van der Waals surface area contributed by atoms with E-state index >= 15 is 0 Å². The second-order valence-electron chi connectivity index (χ2n) is 7.54. The number of hydrogen-bond acceptors (Lipinski definition) is 5. The summed E-state index contributed by atoms with van der Waals surface area (Å²) in [6, 6.07) is 9.47. The molecule has 30 heavy (non-hydrogen) atoms. The second-order valence-corrected chi connectivity index (χ2v) is 7.54. The number of carbonyl (C=O) groups is 1. The zero-order valence-electron chi connectivity index (χ0n) is 17.3. The summed E-state index contributed by atoms with van der Waals surface area (Å²) in [5, 5.41) is 24.1. The maximum Gasteiger partial charge on any atom is 0.344 e. The highest BCUT2D eigenvalue weighted by atomic mass is 16.5. The number of benzene rings is 1. The number of carboxylic acid groups (broad SMARTS) is 1. The van der Waals surface area contributed by atoms with Gasteiger partial charge in [-0.1, -0.05) is 31.5 Å². The molecule has 0 unspecified atom stereocenters. The van der Waals surface area contributed by atoms with Gasteiger partial charge in [0.1, 0.15) is 5.75 Å². The predicted molar refractivity (Wildman–Crippen MR) is 116 cm³/mol. The lowest BCUT2D eigenvalue weighted by Crippen LogP contribution is -2.32. The molecule has 7 heteroatoms. The van der Waals surface area contributed by atoms with Crippen molar-refractivity contribution < 1.29 is 19.7 Å². The highest BCUT2D eigenvalue weighted by Crippen LogP contribution is 2.29. The van der Waals surface area contributed by atoms with E-state index in [1.807, 2.05) is 37.4 Å². The van der Waals surface area contributed by atoms with Crippen molar-refractivity contribution in [2.45, 2.75) is 51.4 Å². The number of aliphatic hydroxyl groups is 1. The maximum absolute atomic E-state index is 11.4. The molecule has 1 aromatic carbocycles. The summed E-state index contributed by atoms with van der Waals surface area (Å²) >= 11 is 0. The summed E-state index contributed by atoms with van der Waals surface area (Å²) in [7, 11) is 0. The van der Waals surface area contributed by atoms with E-state index in [2.05, 4.69) is 22.2 Å². The summed E-state index contributed by atoms with van der Waals surface area (Å²) in [4.78, 5) is 18.7. The van der Waals surface area contributed by atoms with Gasteiger partial charge >= 0.3 is 5.97 Å². The van der Waals surface area contributed by atoms with Gasteiger partial charge in [0.15, 0.2) is 6.10 Å². The van der Waals surface area contributed by atoms with Crippen LogP contribution in [0.15, 0.2) is 48.9 Å². The number of pyridine rings is 1. The topological polar surface area (TPSA) is 107 Å². The quantitative estimate of drug-likeness (QED) is 0.385. The first-order valence-corrected chi connectivity index (χ1v) is 10.3. The van der Waals surface area contributed by atoms with Crippen molar-refractivity contribution in [2.24, 2.45) is 0 Å². The van der Waals surface area contributed by atoms with Crippen LogP contribution in [0.2, 0.25) is 0 Å². The molecule has 2 aromatic heterocycles. The SMILES string of the molecule is CCC[C@H](Oc1cccc2c(C[C@@H](C)NC[C@H](O)c3cccnc3)c[nH]c12)C(=O)O. The van der Waals surface area contributed by atoms with Crippen molar-refractivity contribution in [2.75, 3.05) is 6.54 Å². The van der Waals surface area contributed by atoms with Crippen LogP contribution in [-0.4, -0.2) is 44.8 Å². The number of rotatable bonds is 11. The third kappa shape index (κ3) is 5.37. The average molecular weight is 412 g/mol. The molecule has 7 nitrogen and oxygen atoms in total. The normalized spacial score (nSPS) is 14.4. The fourth-order valence-electron chi connectivity index (χ4n) is 3.51. The molecule has 3 aromatic rings. The van der Waals surface area contributed by atoms with Crippen molar-refractivity contribution in [1.29, 1.82) is 0 Å². The van der Waals surface area contributed by atoms with Crippen molar-refractivity contribution in [3.05, 3.63) is 60.0 Å². The molecule has 3 atom stereocenters. The number of aromatic nitrogens is 2. The first kappa shape index (κ1) is 21.8. The molecular weight excluding hydrogens is 382 g/mol. The average Bonchev–Trinajstić information content (AvgIpc) is 3.16. The molecule has 0 radical (unpaired) electrons. The Morgan fingerprint density at radius 2 is 2.13 bits per heavy atom. The first-order chi connectivity index (χ1) is 14.5. The van der Waals surface area contributed by atoms with Crippen LogP contribution in [0.4, 0.5) is 0 Å². The lowest BCUT2D eigenvalue weighted by atomic mass is 10.1. The minimum atomic E-state index is -0.953. The van der Waals surface area contributed by atoms with Crippen LogP contribution in [0.5, 0.6) is 5.75 Å². The van der Waals surface area contributed by atoms with Gasteiger partial charge in [0.05, 0.1) is 11.6 Å². The number of nitrogens with one attached hydrogen (secondary N) is 2. The number of nitrogens with zero attached hydrogens (tertiary/aromatic N) is 1. The number of hydrogen-bond donors (Lipinski definition) is 4. The summed E-state index contributed by atoms with van der Waals surface area (Å²) in [6.45, 7) is 4.43. The van der Waals surface area contributed by atoms with Crippen LogP contribution in [0.25, 0.3) is 10.9 Å². The largest absolute Gasteiger partial charge is 0.479 e. The molecule has 0 amide bonds. The summed E-state index contributed by atoms with van der Waals surface area (Å²) < 4.78 is 5.79. The minimum Gasteiger partial charge on any atom is -0.479 e. The van der Waals surface area contributed by atoms with Gasteiger partial charge in [-0.3, -0.25) is 4.98 Å². The first-order valence-electron chi connectivity index (χ1n) is 10.3. The molecule has 0 bridgehead atoms. The highest BCUT2D eigenvalue weighted by molar-refractivity contribution is 5.88. The number of ether oxygens (including phenoxy) is 1. The van der Waals surface area contributed by atoms with Crippen LogP contribution in [-0.2, 0) is 11.2 Å². The Morgan fingerprint density at radius 3 is 2.83 bits per heavy atom. The fourth-order valence-corrected chi connectivity index (χ4v) is 3.51. The van der Waals surface area contributed by atoms with Crippen LogP contribution >= 0.6 is 0 Å². The van der Waals surface area contributed by atoms with E-state index in [4.69, 9.17) is 4.74 Å². The highest BCUT2D eigenvalue weighted by Gasteiger charge is 2.20. The van der Waals surface area contributed by atoms with Crippen molar-refractivity contribution in [3.63, 3.8) is 0 Å². The van der Waals surface area contributed by atoms with Crippen LogP contribution in [0, 0.1) is 0 Å². The molecule has 4 N–H and O–H groups in total. The predicted octanol–water partition coefficient (Wildman–Crippen LogP) is 3.45. The zero-order chi connectivity index (χ0) is 21.5. The standard InChI is InChI=1S/C23H29N3O4/c1-3-6-21(23(28)29)30-20-9-4-8-18-17(13-26-22(18)20)11-15(2)25-14-19(27)16-7-5-10-24-12-16/h4-5,7-10,12-13,15,19,21,25-27H,3,6,11,14H2,1-2H3,(H,28,29)/t15-,19+,21+/m1/s1. The van der Waals surface area contributed by atoms with Crippen LogP contribution < -0.4 is 10.1 Å². The van der Waals surface area contributed by atoms with Gasteiger partial charge in [-0.15, -0.1) is 0 Å². The van der Waals surface area contributed by atoms with Gasteiger partial charge in [-0.2, -0.15) is 0 Å². The van der Waals surface area contributed by atoms with Crippen molar-refractivity contribution >= 4 is 16.9 Å². The number of H-pyrrole nitrogens is 1. The number of aliphatic carboxylic acids is 1. The van der Waals surface area contributed by atoms with Gasteiger partial charge in [-0.25, -0.2) is 4.79 Å². The zero-order valence-corrected chi connectivity index (χ0v) is 17.3. The Kier molecular flexibility index (Phi) is 7.43. The third-order valence-electron chi connectivity index (χ3n) is 5.11. The smallest absolute Gasteiger partial charge is 0.344 e. The number of fused-ring (bicyclic) bond motifs is 1. The maximum atomic E-state index is 11.4. The van der Waals surface area contributed by atoms with Crippen LogP contribution in [0.3, 0.4) is 0 Å². The van der Waals surface area contributed by atoms with Gasteiger partial charge in [0.2, 0.25) is 0 Å². The fraction of sp³-hybridized carbons (Fsp3) is 0.391. The van der Waals surface area contributed by atoms with E-state index in [0.717, 1.165) is 34.9 Å². The van der Waals surface area contributed by atoms with Crippen molar-refractivity contribution in [3.8, 4) is 5.75 Å². The van der Waals surface area contributed by atoms with Crippen LogP contribution in [0.1, 0.15) is 43.9 Å². The lowest BCUT2D eigenvalue weighted by Gasteiger charge is -2.17. The second kappa shape index (κ2) is 10.2. The molecule has 0 saturated heterocycles. The molecule has 2 heterocycles. The Bertz CT molecular complexity index is 957. The van der Waals surface area contributed by atoms with E-state index in [0.29, 0.717) is 18.7 Å². The minimum absolute atomic E-state index is 0.131. The number of aromatic amines is 1. The Morgan fingerprint density at radius 1 is 1.30 bits per heavy atom. The van der Waals surface area contributed by atoms with Crippen molar-refractivity contribution in [1.82, 2.24) is 15.3 Å². The molecule has 0 fully saturated rings. The Labute approximate surface area is 176 Å². The van der Waals surface area contributed by atoms with Gasteiger partial charge in [0, 0.05) is 42.1 Å². The molecule has 0 spiro atoms. The van der Waals surface area contributed by atoms with E-state index in [1.165, 1.54) is 0 Å². The van der Waals surface area contributed by atoms with Gasteiger partial charge in [0.25, 0.3) is 0 Å². The van der Waals surface area contributed by atoms with E-state index in [9.17, 15) is 15.0 Å². The molecule has 3 rings (SSSR count). The van der Waals surface area contributed by atoms with Gasteiger partial charge in [-0.05, 0) is 37.5 Å². The number of para-hydroxylation sites is 1. The van der Waals surface area contributed by atoms with E-state index < -0.39 is 18.2 Å². The van der Waals surface area contributed by atoms with E-state index in [1.54, 1.807) is 18.5 Å². The van der Waals surface area contributed by atoms with E-state index in [-0.39, 0.29) is 6.04 Å².